The minimum absolute atomic E-state index is 0.0651. The summed E-state index contributed by atoms with van der Waals surface area (Å²) in [4.78, 5) is 21.6. The van der Waals surface area contributed by atoms with Gasteiger partial charge in [-0.1, -0.05) is 30.9 Å². The van der Waals surface area contributed by atoms with E-state index >= 15 is 0 Å². The van der Waals surface area contributed by atoms with Crippen LogP contribution >= 0.6 is 0 Å². The van der Waals surface area contributed by atoms with Gasteiger partial charge in [0.15, 0.2) is 0 Å². The number of ether oxygens (including phenoxy) is 2. The molecule has 1 aliphatic heterocycles. The number of likely N-dealkylation sites (N-methyl/N-ethyl adjacent to an activating group) is 1. The fraction of sp³-hybridized carbons (Fsp3) is 0.440. The number of carbonyl (C=O) groups excluding carboxylic acids is 1. The van der Waals surface area contributed by atoms with Crippen molar-refractivity contribution < 1.29 is 19.4 Å². The van der Waals surface area contributed by atoms with E-state index in [1.54, 1.807) is 24.3 Å². The number of rotatable bonds is 5. The molecule has 1 amide bonds. The van der Waals surface area contributed by atoms with Crippen molar-refractivity contribution in [3.8, 4) is 23.5 Å². The van der Waals surface area contributed by atoms with Crippen LogP contribution in [0.2, 0.25) is 0 Å². The average molecular weight is 438 g/mol. The van der Waals surface area contributed by atoms with Crippen LogP contribution < -0.4 is 9.47 Å². The fourth-order valence-electron chi connectivity index (χ4n) is 3.64. The standard InChI is InChI=1S/C25H31N3O4/c1-17-14-28(18(2)16-29)25(30)21-12-19(10-11-20-8-6-7-9-22(20)31-5)13-26-24(21)32-23(17)15-27(3)4/h6-9,12-13,17-18,23,29H,14-16H2,1-5H3/t17-,18-,23-/m1/s1. The normalized spacial score (nSPS) is 19.2. The summed E-state index contributed by atoms with van der Waals surface area (Å²) in [7, 11) is 5.57. The molecule has 1 aromatic heterocycles. The number of hydrogen-bond acceptors (Lipinski definition) is 6. The maximum atomic E-state index is 13.4. The zero-order chi connectivity index (χ0) is 23.3. The molecule has 7 nitrogen and oxygen atoms in total. The molecule has 3 atom stereocenters. The number of nitrogens with zero attached hydrogens (tertiary/aromatic N) is 3. The highest BCUT2D eigenvalue weighted by Gasteiger charge is 2.33. The summed E-state index contributed by atoms with van der Waals surface area (Å²) in [5.41, 5.74) is 1.70. The largest absolute Gasteiger partial charge is 0.495 e. The van der Waals surface area contributed by atoms with Gasteiger partial charge < -0.3 is 24.4 Å². The minimum Gasteiger partial charge on any atom is -0.495 e. The number of hydrogen-bond donors (Lipinski definition) is 1. The summed E-state index contributed by atoms with van der Waals surface area (Å²) in [6.45, 7) is 4.94. The molecular formula is C25H31N3O4. The lowest BCUT2D eigenvalue weighted by Crippen LogP contribution is -2.49. The van der Waals surface area contributed by atoms with E-state index in [9.17, 15) is 9.90 Å². The van der Waals surface area contributed by atoms with Gasteiger partial charge in [0.05, 0.1) is 25.3 Å². The van der Waals surface area contributed by atoms with Crippen molar-refractivity contribution in [1.29, 1.82) is 0 Å². The highest BCUT2D eigenvalue weighted by atomic mass is 16.5. The number of amides is 1. The van der Waals surface area contributed by atoms with E-state index in [2.05, 4.69) is 28.6 Å². The third-order valence-corrected chi connectivity index (χ3v) is 5.51. The van der Waals surface area contributed by atoms with Gasteiger partial charge in [0.1, 0.15) is 17.4 Å². The Bertz CT molecular complexity index is 1010. The number of aliphatic hydroxyl groups is 1. The summed E-state index contributed by atoms with van der Waals surface area (Å²) < 4.78 is 11.6. The molecule has 0 radical (unpaired) electrons. The van der Waals surface area contributed by atoms with E-state index in [-0.39, 0.29) is 30.6 Å². The maximum Gasteiger partial charge on any atom is 0.259 e. The van der Waals surface area contributed by atoms with Crippen LogP contribution in [0.15, 0.2) is 36.5 Å². The van der Waals surface area contributed by atoms with Crippen molar-refractivity contribution in [2.75, 3.05) is 40.9 Å². The molecule has 2 heterocycles. The zero-order valence-electron chi connectivity index (χ0n) is 19.3. The van der Waals surface area contributed by atoms with Gasteiger partial charge in [0.25, 0.3) is 5.91 Å². The topological polar surface area (TPSA) is 75.1 Å². The molecule has 0 spiro atoms. The molecule has 1 aromatic carbocycles. The Morgan fingerprint density at radius 2 is 2.09 bits per heavy atom. The van der Waals surface area contributed by atoms with Crippen molar-refractivity contribution in [2.24, 2.45) is 5.92 Å². The van der Waals surface area contributed by atoms with E-state index in [4.69, 9.17) is 9.47 Å². The molecule has 1 aliphatic rings. The van der Waals surface area contributed by atoms with E-state index < -0.39 is 0 Å². The number of benzene rings is 1. The molecule has 2 aromatic rings. The average Bonchev–Trinajstić information content (AvgIpc) is 2.79. The minimum atomic E-state index is -0.320. The predicted octanol–water partition coefficient (Wildman–Crippen LogP) is 2.27. The SMILES string of the molecule is COc1ccccc1C#Cc1cnc2c(c1)C(=O)N([C@H](C)CO)C[C@@H](C)[C@@H](CN(C)C)O2. The molecule has 32 heavy (non-hydrogen) atoms. The number of pyridine rings is 1. The van der Waals surface area contributed by atoms with E-state index in [0.717, 1.165) is 5.56 Å². The van der Waals surface area contributed by atoms with Crippen molar-refractivity contribution in [3.63, 3.8) is 0 Å². The van der Waals surface area contributed by atoms with Gasteiger partial charge in [-0.25, -0.2) is 4.98 Å². The molecule has 0 aliphatic carbocycles. The van der Waals surface area contributed by atoms with Gasteiger partial charge in [0, 0.05) is 30.8 Å². The van der Waals surface area contributed by atoms with Crippen molar-refractivity contribution >= 4 is 5.91 Å². The van der Waals surface area contributed by atoms with E-state index in [0.29, 0.717) is 35.8 Å². The Hall–Kier alpha value is -3.08. The van der Waals surface area contributed by atoms with Crippen molar-refractivity contribution in [3.05, 3.63) is 53.2 Å². The maximum absolute atomic E-state index is 13.4. The molecule has 0 saturated carbocycles. The van der Waals surface area contributed by atoms with Gasteiger partial charge in [-0.15, -0.1) is 0 Å². The molecule has 3 rings (SSSR count). The second kappa shape index (κ2) is 10.5. The summed E-state index contributed by atoms with van der Waals surface area (Å²) in [6, 6.07) is 8.89. The Kier molecular flexibility index (Phi) is 7.73. The zero-order valence-corrected chi connectivity index (χ0v) is 19.3. The van der Waals surface area contributed by atoms with Crippen molar-refractivity contribution in [1.82, 2.24) is 14.8 Å². The molecular weight excluding hydrogens is 406 g/mol. The summed E-state index contributed by atoms with van der Waals surface area (Å²) in [5.74, 6) is 6.99. The van der Waals surface area contributed by atoms with Crippen LogP contribution in [0.1, 0.15) is 35.3 Å². The first-order valence-corrected chi connectivity index (χ1v) is 10.7. The third kappa shape index (κ3) is 5.39. The van der Waals surface area contributed by atoms with Gasteiger partial charge in [0.2, 0.25) is 5.88 Å². The molecule has 1 N–H and O–H groups in total. The predicted molar refractivity (Wildman–Crippen MR) is 123 cm³/mol. The number of aliphatic hydroxyl groups excluding tert-OH is 1. The molecule has 170 valence electrons. The fourth-order valence-corrected chi connectivity index (χ4v) is 3.64. The van der Waals surface area contributed by atoms with Gasteiger partial charge in [-0.2, -0.15) is 0 Å². The highest BCUT2D eigenvalue weighted by Crippen LogP contribution is 2.27. The first-order chi connectivity index (χ1) is 15.3. The second-order valence-electron chi connectivity index (χ2n) is 8.41. The van der Waals surface area contributed by atoms with Gasteiger partial charge in [-0.05, 0) is 39.2 Å². The highest BCUT2D eigenvalue weighted by molar-refractivity contribution is 5.97. The first-order valence-electron chi connectivity index (χ1n) is 10.7. The summed E-state index contributed by atoms with van der Waals surface area (Å²) in [6.07, 6.45) is 1.47. The lowest BCUT2D eigenvalue weighted by molar-refractivity contribution is 0.0348. The molecule has 0 unspecified atom stereocenters. The Balaban J connectivity index is 2.02. The quantitative estimate of drug-likeness (QED) is 0.724. The van der Waals surface area contributed by atoms with Crippen molar-refractivity contribution in [2.45, 2.75) is 26.0 Å². The summed E-state index contributed by atoms with van der Waals surface area (Å²) >= 11 is 0. The number of carbonyl (C=O) groups is 1. The van der Waals surface area contributed by atoms with Crippen LogP contribution in [0.4, 0.5) is 0 Å². The van der Waals surface area contributed by atoms with Crippen LogP contribution in [0.3, 0.4) is 0 Å². The Labute approximate surface area is 190 Å². The van der Waals surface area contributed by atoms with E-state index in [1.807, 2.05) is 45.3 Å². The lowest BCUT2D eigenvalue weighted by atomic mass is 10.00. The number of para-hydroxylation sites is 1. The molecule has 0 saturated heterocycles. The Morgan fingerprint density at radius 3 is 2.78 bits per heavy atom. The van der Waals surface area contributed by atoms with E-state index in [1.165, 1.54) is 0 Å². The molecule has 7 heteroatoms. The van der Waals surface area contributed by atoms with Gasteiger partial charge in [-0.3, -0.25) is 4.79 Å². The molecule has 0 bridgehead atoms. The van der Waals surface area contributed by atoms with Gasteiger partial charge >= 0.3 is 0 Å². The molecule has 0 fully saturated rings. The third-order valence-electron chi connectivity index (χ3n) is 5.51. The smallest absolute Gasteiger partial charge is 0.259 e. The summed E-state index contributed by atoms with van der Waals surface area (Å²) in [5, 5.41) is 9.74. The number of methoxy groups -OCH3 is 1. The monoisotopic (exact) mass is 437 g/mol. The second-order valence-corrected chi connectivity index (χ2v) is 8.41. The number of fused-ring (bicyclic) bond motifs is 1. The van der Waals surface area contributed by atoms with Crippen LogP contribution in [0.5, 0.6) is 11.6 Å². The lowest BCUT2D eigenvalue weighted by Gasteiger charge is -2.37. The van der Waals surface area contributed by atoms with Crippen LogP contribution in [0, 0.1) is 17.8 Å². The Morgan fingerprint density at radius 1 is 1.34 bits per heavy atom. The van der Waals surface area contributed by atoms with Crippen LogP contribution in [0.25, 0.3) is 0 Å². The number of aromatic nitrogens is 1. The first kappa shape index (κ1) is 23.6. The van der Waals surface area contributed by atoms with Crippen LogP contribution in [-0.2, 0) is 0 Å². The van der Waals surface area contributed by atoms with Crippen LogP contribution in [-0.4, -0.2) is 78.8 Å².